The van der Waals surface area contributed by atoms with Gasteiger partial charge in [0, 0.05) is 26.7 Å². The lowest BCUT2D eigenvalue weighted by Gasteiger charge is -2.31. The van der Waals surface area contributed by atoms with E-state index in [1.807, 2.05) is 43.3 Å². The van der Waals surface area contributed by atoms with E-state index in [0.29, 0.717) is 37.9 Å². The Labute approximate surface area is 165 Å². The fourth-order valence-corrected chi connectivity index (χ4v) is 3.37. The topological polar surface area (TPSA) is 76.5 Å². The van der Waals surface area contributed by atoms with Crippen molar-refractivity contribution in [1.82, 2.24) is 20.0 Å². The average Bonchev–Trinajstić information content (AvgIpc) is 3.12. The largest absolute Gasteiger partial charge is 0.445 e. The van der Waals surface area contributed by atoms with Crippen LogP contribution in [0.3, 0.4) is 0 Å². The maximum absolute atomic E-state index is 12.4. The Morgan fingerprint density at radius 3 is 2.57 bits per heavy atom. The summed E-state index contributed by atoms with van der Waals surface area (Å²) in [5, 5.41) is 7.31. The number of ether oxygens (including phenoxy) is 1. The molecule has 1 fully saturated rings. The number of amides is 2. The van der Waals surface area contributed by atoms with Crippen LogP contribution in [-0.4, -0.2) is 46.3 Å². The van der Waals surface area contributed by atoms with Gasteiger partial charge in [-0.25, -0.2) is 4.79 Å². The molecule has 0 bridgehead atoms. The molecule has 0 spiro atoms. The third-order valence-electron chi connectivity index (χ3n) is 5.15. The highest BCUT2D eigenvalue weighted by atomic mass is 16.6. The van der Waals surface area contributed by atoms with Gasteiger partial charge in [0.1, 0.15) is 12.3 Å². The molecule has 1 N–H and O–H groups in total. The number of nitrogens with zero attached hydrogens (tertiary/aromatic N) is 3. The van der Waals surface area contributed by atoms with E-state index in [1.54, 1.807) is 16.6 Å². The summed E-state index contributed by atoms with van der Waals surface area (Å²) in [6.45, 7) is 4.22. The highest BCUT2D eigenvalue weighted by Gasteiger charge is 2.24. The van der Waals surface area contributed by atoms with Crippen molar-refractivity contribution in [3.05, 3.63) is 53.3 Å². The number of carbonyl (C=O) groups is 2. The molecule has 1 aliphatic rings. The van der Waals surface area contributed by atoms with Crippen LogP contribution in [0.25, 0.3) is 0 Å². The van der Waals surface area contributed by atoms with Crippen LogP contribution >= 0.6 is 0 Å². The monoisotopic (exact) mass is 384 g/mol. The van der Waals surface area contributed by atoms with E-state index in [4.69, 9.17) is 4.74 Å². The summed E-state index contributed by atoms with van der Waals surface area (Å²) in [7, 11) is 1.79. The predicted molar refractivity (Wildman–Crippen MR) is 106 cm³/mol. The lowest BCUT2D eigenvalue weighted by atomic mass is 9.97. The lowest BCUT2D eigenvalue weighted by molar-refractivity contribution is 0.0799. The van der Waals surface area contributed by atoms with Gasteiger partial charge in [0.15, 0.2) is 0 Å². The Kier molecular flexibility index (Phi) is 6.68. The van der Waals surface area contributed by atoms with Gasteiger partial charge in [-0.3, -0.25) is 9.48 Å². The fourth-order valence-electron chi connectivity index (χ4n) is 3.37. The third-order valence-corrected chi connectivity index (χ3v) is 5.15. The van der Waals surface area contributed by atoms with Crippen LogP contribution in [0.2, 0.25) is 0 Å². The first-order valence-electron chi connectivity index (χ1n) is 9.83. The summed E-state index contributed by atoms with van der Waals surface area (Å²) in [5.74, 6) is 0.264. The molecule has 2 amide bonds. The predicted octanol–water partition coefficient (Wildman–Crippen LogP) is 2.76. The number of aromatic nitrogens is 2. The second-order valence-corrected chi connectivity index (χ2v) is 7.18. The third kappa shape index (κ3) is 5.12. The zero-order valence-electron chi connectivity index (χ0n) is 16.6. The van der Waals surface area contributed by atoms with Crippen molar-refractivity contribution in [2.24, 2.45) is 13.0 Å². The number of nitrogens with one attached hydrogen (secondary N) is 1. The van der Waals surface area contributed by atoms with Crippen LogP contribution < -0.4 is 5.32 Å². The van der Waals surface area contributed by atoms with E-state index in [-0.39, 0.29) is 12.0 Å². The summed E-state index contributed by atoms with van der Waals surface area (Å²) in [6.07, 6.45) is 2.24. The van der Waals surface area contributed by atoms with Crippen LogP contribution in [0, 0.1) is 5.92 Å². The molecule has 0 unspecified atom stereocenters. The molecule has 1 aromatic heterocycles. The van der Waals surface area contributed by atoms with Crippen molar-refractivity contribution < 1.29 is 14.3 Å². The molecule has 7 nitrogen and oxygen atoms in total. The normalized spacial score (nSPS) is 14.7. The lowest BCUT2D eigenvalue weighted by Crippen LogP contribution is -2.41. The van der Waals surface area contributed by atoms with E-state index in [1.165, 1.54) is 0 Å². The first kappa shape index (κ1) is 19.9. The molecule has 2 heterocycles. The van der Waals surface area contributed by atoms with E-state index < -0.39 is 0 Å². The summed E-state index contributed by atoms with van der Waals surface area (Å²) in [4.78, 5) is 26.3. The van der Waals surface area contributed by atoms with E-state index in [2.05, 4.69) is 10.4 Å². The SMILES string of the molecule is CCc1cc(C(=O)NCC2CCN(C(=O)OCc3ccccc3)CC2)n(C)n1. The summed E-state index contributed by atoms with van der Waals surface area (Å²) < 4.78 is 7.02. The van der Waals surface area contributed by atoms with E-state index in [0.717, 1.165) is 30.5 Å². The molecule has 0 aliphatic carbocycles. The van der Waals surface area contributed by atoms with E-state index >= 15 is 0 Å². The Hall–Kier alpha value is -2.83. The van der Waals surface area contributed by atoms with Gasteiger partial charge in [-0.2, -0.15) is 5.10 Å². The number of likely N-dealkylation sites (tertiary alicyclic amines) is 1. The highest BCUT2D eigenvalue weighted by molar-refractivity contribution is 5.92. The van der Waals surface area contributed by atoms with Crippen LogP contribution in [0.5, 0.6) is 0 Å². The van der Waals surface area contributed by atoms with Gasteiger partial charge in [-0.05, 0) is 36.8 Å². The second-order valence-electron chi connectivity index (χ2n) is 7.18. The Morgan fingerprint density at radius 1 is 1.21 bits per heavy atom. The Morgan fingerprint density at radius 2 is 1.93 bits per heavy atom. The number of benzene rings is 1. The first-order chi connectivity index (χ1) is 13.6. The fraction of sp³-hybridized carbons (Fsp3) is 0.476. The zero-order chi connectivity index (χ0) is 19.9. The van der Waals surface area contributed by atoms with Gasteiger partial charge in [0.2, 0.25) is 0 Å². The summed E-state index contributed by atoms with van der Waals surface area (Å²) in [6, 6.07) is 11.5. The molecule has 0 saturated carbocycles. The maximum atomic E-state index is 12.4. The van der Waals surface area contributed by atoms with Gasteiger partial charge < -0.3 is 15.0 Å². The molecule has 2 aromatic rings. The van der Waals surface area contributed by atoms with Gasteiger partial charge in [0.05, 0.1) is 5.69 Å². The molecule has 1 aliphatic heterocycles. The minimum atomic E-state index is -0.270. The van der Waals surface area contributed by atoms with Gasteiger partial charge in [0.25, 0.3) is 5.91 Å². The van der Waals surface area contributed by atoms with Gasteiger partial charge >= 0.3 is 6.09 Å². The van der Waals surface area contributed by atoms with Crippen LogP contribution in [0.1, 0.15) is 41.5 Å². The first-order valence-corrected chi connectivity index (χ1v) is 9.83. The van der Waals surface area contributed by atoms with Crippen molar-refractivity contribution in [1.29, 1.82) is 0 Å². The quantitative estimate of drug-likeness (QED) is 0.831. The smallest absolute Gasteiger partial charge is 0.410 e. The zero-order valence-corrected chi connectivity index (χ0v) is 16.6. The number of aryl methyl sites for hydroxylation is 2. The van der Waals surface area contributed by atoms with Crippen molar-refractivity contribution in [3.8, 4) is 0 Å². The molecule has 7 heteroatoms. The molecule has 0 radical (unpaired) electrons. The number of hydrogen-bond donors (Lipinski definition) is 1. The molecule has 1 aromatic carbocycles. The molecular formula is C21H28N4O3. The minimum Gasteiger partial charge on any atom is -0.445 e. The van der Waals surface area contributed by atoms with Crippen molar-refractivity contribution in [3.63, 3.8) is 0 Å². The number of carbonyl (C=O) groups excluding carboxylic acids is 2. The van der Waals surface area contributed by atoms with E-state index in [9.17, 15) is 9.59 Å². The second kappa shape index (κ2) is 9.39. The average molecular weight is 384 g/mol. The number of rotatable bonds is 6. The van der Waals surface area contributed by atoms with Gasteiger partial charge in [-0.1, -0.05) is 37.3 Å². The number of piperidine rings is 1. The van der Waals surface area contributed by atoms with Crippen LogP contribution in [-0.2, 0) is 24.8 Å². The molecule has 28 heavy (non-hydrogen) atoms. The molecule has 1 saturated heterocycles. The highest BCUT2D eigenvalue weighted by Crippen LogP contribution is 2.18. The summed E-state index contributed by atoms with van der Waals surface area (Å²) >= 11 is 0. The maximum Gasteiger partial charge on any atom is 0.410 e. The van der Waals surface area contributed by atoms with Crippen LogP contribution in [0.15, 0.2) is 36.4 Å². The standard InChI is InChI=1S/C21H28N4O3/c1-3-18-13-19(24(2)23-18)20(26)22-14-16-9-11-25(12-10-16)21(27)28-15-17-7-5-4-6-8-17/h4-8,13,16H,3,9-12,14-15H2,1-2H3,(H,22,26). The van der Waals surface area contributed by atoms with Crippen LogP contribution in [0.4, 0.5) is 4.79 Å². The molecule has 150 valence electrons. The van der Waals surface area contributed by atoms with Crippen molar-refractivity contribution in [2.45, 2.75) is 32.8 Å². The molecule has 0 atom stereocenters. The molecule has 3 rings (SSSR count). The Bertz CT molecular complexity index is 795. The molecular weight excluding hydrogens is 356 g/mol. The minimum absolute atomic E-state index is 0.0978. The van der Waals surface area contributed by atoms with Crippen molar-refractivity contribution >= 4 is 12.0 Å². The summed E-state index contributed by atoms with van der Waals surface area (Å²) in [5.41, 5.74) is 2.48. The van der Waals surface area contributed by atoms with Crippen molar-refractivity contribution in [2.75, 3.05) is 19.6 Å². The number of hydrogen-bond acceptors (Lipinski definition) is 4. The Balaban J connectivity index is 1.39. The van der Waals surface area contributed by atoms with Gasteiger partial charge in [-0.15, -0.1) is 0 Å².